The number of carbonyl (C=O) groups excluding carboxylic acids is 1. The number of aromatic nitrogens is 2. The van der Waals surface area contributed by atoms with E-state index < -0.39 is 12.1 Å². The van der Waals surface area contributed by atoms with Gasteiger partial charge in [-0.3, -0.25) is 10.2 Å². The molecule has 0 radical (unpaired) electrons. The molecule has 0 bridgehead atoms. The largest absolute Gasteiger partial charge is 0.496 e. The highest BCUT2D eigenvalue weighted by molar-refractivity contribution is 6.05. The van der Waals surface area contributed by atoms with Crippen molar-refractivity contribution in [1.29, 1.82) is 5.41 Å². The maximum Gasteiger partial charge on any atom is 0.490 e. The Bertz CT molecular complexity index is 1120. The van der Waals surface area contributed by atoms with Crippen molar-refractivity contribution in [3.63, 3.8) is 0 Å². The molecule has 30 heavy (non-hydrogen) atoms. The minimum absolute atomic E-state index is 0.0000935. The maximum atomic E-state index is 11.5. The molecule has 1 aromatic heterocycles. The SMILES string of the molecule is COc1ccc2ccc(C(=N)N)cc2c1-c1cnn(C(C)=O)c1.O=C(O)C(F)(F)F. The third kappa shape index (κ3) is 4.93. The van der Waals surface area contributed by atoms with E-state index in [4.69, 9.17) is 25.8 Å². The fraction of sp³-hybridized carbons (Fsp3) is 0.158. The van der Waals surface area contributed by atoms with E-state index in [1.807, 2.05) is 24.3 Å². The molecule has 0 aliphatic rings. The number of nitrogens with zero attached hydrogens (tertiary/aromatic N) is 2. The lowest BCUT2D eigenvalue weighted by Gasteiger charge is -2.12. The van der Waals surface area contributed by atoms with Gasteiger partial charge in [-0.1, -0.05) is 18.2 Å². The van der Waals surface area contributed by atoms with Crippen molar-refractivity contribution >= 4 is 28.5 Å². The summed E-state index contributed by atoms with van der Waals surface area (Å²) >= 11 is 0. The van der Waals surface area contributed by atoms with E-state index in [0.29, 0.717) is 11.3 Å². The molecular formula is C19H17F3N4O4. The predicted octanol–water partition coefficient (Wildman–Crippen LogP) is 3.29. The molecule has 2 aromatic carbocycles. The third-order valence-electron chi connectivity index (χ3n) is 3.95. The molecule has 3 aromatic rings. The Labute approximate surface area is 168 Å². The van der Waals surface area contributed by atoms with Crippen molar-refractivity contribution in [2.45, 2.75) is 13.1 Å². The lowest BCUT2D eigenvalue weighted by molar-refractivity contribution is -0.192. The number of rotatable bonds is 3. The zero-order valence-electron chi connectivity index (χ0n) is 15.8. The van der Waals surface area contributed by atoms with Crippen molar-refractivity contribution in [2.24, 2.45) is 5.73 Å². The number of carboxylic acid groups (broad SMARTS) is 1. The first-order valence-electron chi connectivity index (χ1n) is 8.27. The Morgan fingerprint density at radius 2 is 1.83 bits per heavy atom. The molecule has 11 heteroatoms. The minimum Gasteiger partial charge on any atom is -0.496 e. The highest BCUT2D eigenvalue weighted by Gasteiger charge is 2.38. The van der Waals surface area contributed by atoms with Gasteiger partial charge in [0.1, 0.15) is 11.6 Å². The minimum atomic E-state index is -5.08. The van der Waals surface area contributed by atoms with Gasteiger partial charge in [-0.05, 0) is 22.9 Å². The molecular weight excluding hydrogens is 405 g/mol. The molecule has 8 nitrogen and oxygen atoms in total. The number of nitrogens with two attached hydrogens (primary N) is 1. The summed E-state index contributed by atoms with van der Waals surface area (Å²) in [5, 5.41) is 20.7. The van der Waals surface area contributed by atoms with Gasteiger partial charge in [0, 0.05) is 29.8 Å². The van der Waals surface area contributed by atoms with Crippen LogP contribution in [0.2, 0.25) is 0 Å². The van der Waals surface area contributed by atoms with E-state index in [-0.39, 0.29) is 11.7 Å². The van der Waals surface area contributed by atoms with Gasteiger partial charge in [0.2, 0.25) is 5.91 Å². The summed E-state index contributed by atoms with van der Waals surface area (Å²) in [7, 11) is 1.59. The Kier molecular flexibility index (Phi) is 6.45. The first kappa shape index (κ1) is 22.4. The number of nitrogen functional groups attached to an aromatic ring is 1. The molecule has 0 fully saturated rings. The number of halogens is 3. The van der Waals surface area contributed by atoms with Gasteiger partial charge in [0.25, 0.3) is 0 Å². The fourth-order valence-electron chi connectivity index (χ4n) is 2.56. The van der Waals surface area contributed by atoms with Crippen molar-refractivity contribution in [1.82, 2.24) is 9.78 Å². The molecule has 1 heterocycles. The van der Waals surface area contributed by atoms with Crippen LogP contribution in [0.15, 0.2) is 42.7 Å². The predicted molar refractivity (Wildman–Crippen MR) is 103 cm³/mol. The summed E-state index contributed by atoms with van der Waals surface area (Å²) in [5.74, 6) is -2.26. The van der Waals surface area contributed by atoms with Crippen molar-refractivity contribution in [3.05, 3.63) is 48.3 Å². The van der Waals surface area contributed by atoms with Gasteiger partial charge in [-0.2, -0.15) is 18.3 Å². The number of hydrogen-bond donors (Lipinski definition) is 3. The lowest BCUT2D eigenvalue weighted by atomic mass is 9.97. The normalized spacial score (nSPS) is 10.8. The summed E-state index contributed by atoms with van der Waals surface area (Å²) in [6.45, 7) is 1.45. The number of ether oxygens (including phenoxy) is 1. The zero-order valence-corrected chi connectivity index (χ0v) is 15.8. The summed E-state index contributed by atoms with van der Waals surface area (Å²) < 4.78 is 38.5. The Balaban J connectivity index is 0.000000396. The number of carbonyl (C=O) groups is 2. The fourth-order valence-corrected chi connectivity index (χ4v) is 2.56. The van der Waals surface area contributed by atoms with Crippen LogP contribution in [-0.2, 0) is 4.79 Å². The van der Waals surface area contributed by atoms with Crippen LogP contribution >= 0.6 is 0 Å². The standard InChI is InChI=1S/C17H16N4O2.C2HF3O2/c1-10(22)21-9-13(8-20-21)16-14-7-12(17(18)19)4-3-11(14)5-6-15(16)23-2;3-2(4,5)1(6)7/h3-9H,1-2H3,(H3,18,19);(H,6,7). The van der Waals surface area contributed by atoms with E-state index in [0.717, 1.165) is 21.9 Å². The van der Waals surface area contributed by atoms with Gasteiger partial charge in [-0.25, -0.2) is 9.48 Å². The Hall–Kier alpha value is -3.89. The number of hydrogen-bond acceptors (Lipinski definition) is 5. The van der Waals surface area contributed by atoms with E-state index in [9.17, 15) is 18.0 Å². The van der Waals surface area contributed by atoms with Crippen LogP contribution < -0.4 is 10.5 Å². The molecule has 3 rings (SSSR count). The molecule has 4 N–H and O–H groups in total. The number of carboxylic acids is 1. The monoisotopic (exact) mass is 422 g/mol. The van der Waals surface area contributed by atoms with Crippen LogP contribution in [0.25, 0.3) is 21.9 Å². The van der Waals surface area contributed by atoms with Crippen LogP contribution in [0.3, 0.4) is 0 Å². The van der Waals surface area contributed by atoms with Crippen molar-refractivity contribution in [3.8, 4) is 16.9 Å². The highest BCUT2D eigenvalue weighted by Crippen LogP contribution is 2.37. The van der Waals surface area contributed by atoms with Crippen LogP contribution in [0, 0.1) is 5.41 Å². The second-order valence-corrected chi connectivity index (χ2v) is 5.99. The van der Waals surface area contributed by atoms with Crippen LogP contribution in [0.1, 0.15) is 17.3 Å². The number of alkyl halides is 3. The summed E-state index contributed by atoms with van der Waals surface area (Å²) in [4.78, 5) is 20.4. The second-order valence-electron chi connectivity index (χ2n) is 5.99. The molecule has 0 saturated carbocycles. The quantitative estimate of drug-likeness (QED) is 0.438. The Morgan fingerprint density at radius 3 is 2.30 bits per heavy atom. The average Bonchev–Trinajstić information content (AvgIpc) is 3.16. The first-order chi connectivity index (χ1) is 14.0. The van der Waals surface area contributed by atoms with Gasteiger partial charge in [0.15, 0.2) is 0 Å². The topological polar surface area (TPSA) is 131 Å². The zero-order chi connectivity index (χ0) is 22.6. The third-order valence-corrected chi connectivity index (χ3v) is 3.95. The summed E-state index contributed by atoms with van der Waals surface area (Å²) in [6, 6.07) is 9.37. The first-order valence-corrected chi connectivity index (χ1v) is 8.27. The number of amidine groups is 1. The Morgan fingerprint density at radius 1 is 1.23 bits per heavy atom. The number of methoxy groups -OCH3 is 1. The molecule has 0 atom stereocenters. The van der Waals surface area contributed by atoms with E-state index in [2.05, 4.69) is 5.10 Å². The van der Waals surface area contributed by atoms with Crippen molar-refractivity contribution < 1.29 is 32.6 Å². The number of aliphatic carboxylic acids is 1. The highest BCUT2D eigenvalue weighted by atomic mass is 19.4. The van der Waals surface area contributed by atoms with Crippen LogP contribution in [-0.4, -0.2) is 45.9 Å². The number of benzene rings is 2. The molecule has 0 aliphatic carbocycles. The number of fused-ring (bicyclic) bond motifs is 1. The van der Waals surface area contributed by atoms with Gasteiger partial charge in [-0.15, -0.1) is 0 Å². The van der Waals surface area contributed by atoms with Crippen molar-refractivity contribution in [2.75, 3.05) is 7.11 Å². The molecule has 0 spiro atoms. The van der Waals surface area contributed by atoms with E-state index >= 15 is 0 Å². The second kappa shape index (κ2) is 8.64. The summed E-state index contributed by atoms with van der Waals surface area (Å²) in [5.41, 5.74) is 7.82. The molecule has 0 saturated heterocycles. The summed E-state index contributed by atoms with van der Waals surface area (Å²) in [6.07, 6.45) is -1.79. The van der Waals surface area contributed by atoms with Crippen LogP contribution in [0.4, 0.5) is 13.2 Å². The lowest BCUT2D eigenvalue weighted by Crippen LogP contribution is -2.21. The number of nitrogens with one attached hydrogen (secondary N) is 1. The van der Waals surface area contributed by atoms with Gasteiger partial charge >= 0.3 is 12.1 Å². The van der Waals surface area contributed by atoms with E-state index in [1.165, 1.54) is 11.6 Å². The van der Waals surface area contributed by atoms with E-state index in [1.54, 1.807) is 25.6 Å². The smallest absolute Gasteiger partial charge is 0.490 e. The maximum absolute atomic E-state index is 11.5. The van der Waals surface area contributed by atoms with Gasteiger partial charge < -0.3 is 15.6 Å². The van der Waals surface area contributed by atoms with Crippen LogP contribution in [0.5, 0.6) is 5.75 Å². The molecule has 0 amide bonds. The molecule has 158 valence electrons. The molecule has 0 aliphatic heterocycles. The molecule has 0 unspecified atom stereocenters. The van der Waals surface area contributed by atoms with Gasteiger partial charge in [0.05, 0.1) is 13.3 Å². The average molecular weight is 422 g/mol.